The summed E-state index contributed by atoms with van der Waals surface area (Å²) in [5.74, 6) is 0.155. The van der Waals surface area contributed by atoms with Crippen molar-refractivity contribution in [2.45, 2.75) is 12.4 Å². The lowest BCUT2D eigenvalue weighted by Gasteiger charge is -2.39. The summed E-state index contributed by atoms with van der Waals surface area (Å²) in [4.78, 5) is 17.0. The predicted octanol–water partition coefficient (Wildman–Crippen LogP) is 2.53. The van der Waals surface area contributed by atoms with Gasteiger partial charge >= 0.3 is 0 Å². The molecule has 0 amide bonds. The summed E-state index contributed by atoms with van der Waals surface area (Å²) in [7, 11) is 0. The summed E-state index contributed by atoms with van der Waals surface area (Å²) in [5.41, 5.74) is 0.803. The van der Waals surface area contributed by atoms with E-state index < -0.39 is 32.0 Å². The number of nitrogens with zero attached hydrogens (tertiary/aromatic N) is 4. The Morgan fingerprint density at radius 2 is 2.10 bits per heavy atom. The Hall–Kier alpha value is -2.43. The van der Waals surface area contributed by atoms with Crippen molar-refractivity contribution in [3.63, 3.8) is 0 Å². The highest BCUT2D eigenvalue weighted by Crippen LogP contribution is 2.37. The Bertz CT molecular complexity index is 921. The number of rotatable bonds is 1. The fraction of sp³-hybridized carbons (Fsp3) is 0.312. The number of fused-ring (bicyclic) bond motifs is 5. The van der Waals surface area contributed by atoms with E-state index in [1.54, 1.807) is 36.4 Å². The monoisotopic (exact) mass is 286 g/mol. The minimum atomic E-state index is -2.53. The van der Waals surface area contributed by atoms with Crippen molar-refractivity contribution in [3.8, 4) is 0 Å². The topological polar surface area (TPSA) is 48.8 Å². The molecule has 0 bridgehead atoms. The molecule has 4 rings (SSSR count). The number of nitroso groups, excluding NO2 is 1. The first-order valence-corrected chi connectivity index (χ1v) is 6.57. The van der Waals surface area contributed by atoms with E-state index in [4.69, 9.17) is 8.22 Å². The molecule has 1 atom stereocenters. The molecule has 5 heteroatoms. The van der Waals surface area contributed by atoms with Gasteiger partial charge in [-0.2, -0.15) is 0 Å². The lowest BCUT2D eigenvalue weighted by molar-refractivity contribution is 0.229. The Labute approximate surface area is 131 Å². The van der Waals surface area contributed by atoms with Gasteiger partial charge in [0.2, 0.25) is 0 Å². The van der Waals surface area contributed by atoms with E-state index in [1.165, 1.54) is 11.1 Å². The normalized spacial score (nSPS) is 31.5. The third kappa shape index (κ3) is 1.96. The molecular weight excluding hydrogens is 264 g/mol. The minimum absolute atomic E-state index is 0.155. The smallest absolute Gasteiger partial charge is 0.132 e. The first kappa shape index (κ1) is 7.54. The first-order chi connectivity index (χ1) is 12.6. The van der Waals surface area contributed by atoms with Gasteiger partial charge in [0.25, 0.3) is 0 Å². The van der Waals surface area contributed by atoms with E-state index in [1.807, 2.05) is 0 Å². The molecule has 5 nitrogen and oxygen atoms in total. The molecule has 1 saturated heterocycles. The standard InChI is InChI=1S/C16H16N4O/c21-18-19-8-9-20-15(11-19)14-6-2-1-4-12(14)10-13-5-3-7-17-16(13)20/h1-7,15H,8-11H2/i8D2,10D2,11D2. The van der Waals surface area contributed by atoms with Crippen molar-refractivity contribution in [2.75, 3.05) is 24.4 Å². The van der Waals surface area contributed by atoms with Gasteiger partial charge in [-0.3, -0.25) is 5.01 Å². The highest BCUT2D eigenvalue weighted by atomic mass is 16.3. The SMILES string of the molecule is [2H]C1([2H])c2ccccc2C2N(CC([2H])([2H])N(N=O)C2([2H])[2H])c2ncccc21. The van der Waals surface area contributed by atoms with Gasteiger partial charge in [0, 0.05) is 21.9 Å². The molecule has 0 N–H and O–H groups in total. The molecule has 0 radical (unpaired) electrons. The second kappa shape index (κ2) is 4.84. The van der Waals surface area contributed by atoms with Crippen LogP contribution >= 0.6 is 0 Å². The number of hydrogen-bond donors (Lipinski definition) is 0. The molecule has 1 fully saturated rings. The molecule has 1 aromatic heterocycles. The van der Waals surface area contributed by atoms with Crippen molar-refractivity contribution in [2.24, 2.45) is 5.29 Å². The van der Waals surface area contributed by atoms with Gasteiger partial charge in [-0.1, -0.05) is 30.3 Å². The van der Waals surface area contributed by atoms with Crippen LogP contribution < -0.4 is 4.90 Å². The Morgan fingerprint density at radius 1 is 1.24 bits per heavy atom. The fourth-order valence-corrected chi connectivity index (χ4v) is 2.67. The maximum absolute atomic E-state index is 11.3. The zero-order chi connectivity index (χ0) is 19.6. The van der Waals surface area contributed by atoms with Crippen LogP contribution in [0.4, 0.5) is 5.82 Å². The van der Waals surface area contributed by atoms with Crippen molar-refractivity contribution in [1.29, 1.82) is 0 Å². The molecule has 2 aliphatic heterocycles. The van der Waals surface area contributed by atoms with Crippen LogP contribution in [0.5, 0.6) is 0 Å². The van der Waals surface area contributed by atoms with Crippen LogP contribution in [-0.4, -0.2) is 29.5 Å². The number of anilines is 1. The van der Waals surface area contributed by atoms with E-state index >= 15 is 0 Å². The zero-order valence-corrected chi connectivity index (χ0v) is 11.0. The maximum Gasteiger partial charge on any atom is 0.132 e. The third-order valence-electron chi connectivity index (χ3n) is 3.61. The fourth-order valence-electron chi connectivity index (χ4n) is 2.67. The maximum atomic E-state index is 11.3. The highest BCUT2D eigenvalue weighted by molar-refractivity contribution is 5.56. The van der Waals surface area contributed by atoms with E-state index in [0.29, 0.717) is 10.6 Å². The highest BCUT2D eigenvalue weighted by Gasteiger charge is 2.34. The summed E-state index contributed by atoms with van der Waals surface area (Å²) in [6.45, 7) is -5.32. The number of benzene rings is 1. The average Bonchev–Trinajstić information content (AvgIpc) is 2.67. The van der Waals surface area contributed by atoms with E-state index in [2.05, 4.69) is 10.3 Å². The zero-order valence-electron chi connectivity index (χ0n) is 17.0. The van der Waals surface area contributed by atoms with E-state index in [-0.39, 0.29) is 16.9 Å². The van der Waals surface area contributed by atoms with Crippen LogP contribution in [0.1, 0.15) is 31.0 Å². The molecule has 1 unspecified atom stereocenters. The lowest BCUT2D eigenvalue weighted by Crippen LogP contribution is -2.46. The molecule has 2 aromatic rings. The summed E-state index contributed by atoms with van der Waals surface area (Å²) in [5, 5.41) is 2.93. The van der Waals surface area contributed by atoms with Gasteiger partial charge in [0.15, 0.2) is 0 Å². The molecule has 1 aromatic carbocycles. The molecule has 0 aliphatic carbocycles. The van der Waals surface area contributed by atoms with Crippen LogP contribution in [0.2, 0.25) is 0 Å². The third-order valence-corrected chi connectivity index (χ3v) is 3.61. The molecular formula is C16H16N4O. The summed E-state index contributed by atoms with van der Waals surface area (Å²) < 4.78 is 50.7. The summed E-state index contributed by atoms with van der Waals surface area (Å²) in [6, 6.07) is 8.49. The van der Waals surface area contributed by atoms with Crippen LogP contribution in [0.3, 0.4) is 0 Å². The number of piperazine rings is 1. The molecule has 21 heavy (non-hydrogen) atoms. The number of pyridine rings is 1. The van der Waals surface area contributed by atoms with Crippen LogP contribution in [0.15, 0.2) is 47.9 Å². The van der Waals surface area contributed by atoms with Crippen LogP contribution in [-0.2, 0) is 6.37 Å². The van der Waals surface area contributed by atoms with Crippen molar-refractivity contribution >= 4 is 5.82 Å². The lowest BCUT2D eigenvalue weighted by atomic mass is 9.96. The largest absolute Gasteiger partial charge is 0.346 e. The van der Waals surface area contributed by atoms with Crippen LogP contribution in [0.25, 0.3) is 0 Å². The average molecular weight is 286 g/mol. The second-order valence-electron chi connectivity index (χ2n) is 4.80. The van der Waals surface area contributed by atoms with Gasteiger partial charge in [-0.15, -0.1) is 4.91 Å². The van der Waals surface area contributed by atoms with Crippen molar-refractivity contribution in [1.82, 2.24) is 9.99 Å². The summed E-state index contributed by atoms with van der Waals surface area (Å²) in [6.07, 6.45) is -0.517. The quantitative estimate of drug-likeness (QED) is 0.756. The molecule has 3 heterocycles. The first-order valence-electron chi connectivity index (χ1n) is 9.57. The van der Waals surface area contributed by atoms with Crippen molar-refractivity contribution in [3.05, 3.63) is 64.2 Å². The van der Waals surface area contributed by atoms with Gasteiger partial charge in [-0.05, 0) is 22.8 Å². The van der Waals surface area contributed by atoms with E-state index in [9.17, 15) is 4.91 Å². The second-order valence-corrected chi connectivity index (χ2v) is 4.80. The molecule has 106 valence electrons. The predicted molar refractivity (Wildman–Crippen MR) is 80.9 cm³/mol. The molecule has 0 saturated carbocycles. The summed E-state index contributed by atoms with van der Waals surface area (Å²) >= 11 is 0. The molecule has 0 spiro atoms. The minimum Gasteiger partial charge on any atom is -0.346 e. The number of hydrogen-bond acceptors (Lipinski definition) is 4. The van der Waals surface area contributed by atoms with Gasteiger partial charge < -0.3 is 4.90 Å². The Kier molecular flexibility index (Phi) is 1.74. The van der Waals surface area contributed by atoms with Gasteiger partial charge in [0.05, 0.1) is 29.8 Å². The Morgan fingerprint density at radius 3 is 3.00 bits per heavy atom. The van der Waals surface area contributed by atoms with E-state index in [0.717, 1.165) is 0 Å². The molecule has 2 aliphatic rings. The van der Waals surface area contributed by atoms with Gasteiger partial charge in [0.1, 0.15) is 5.82 Å². The Balaban J connectivity index is 2.08. The number of aromatic nitrogens is 1. The van der Waals surface area contributed by atoms with Crippen molar-refractivity contribution < 1.29 is 8.22 Å². The van der Waals surface area contributed by atoms with Gasteiger partial charge in [-0.25, -0.2) is 4.98 Å². The van der Waals surface area contributed by atoms with Crippen LogP contribution in [0, 0.1) is 4.91 Å².